The van der Waals surface area contributed by atoms with E-state index in [1.807, 2.05) is 32.0 Å². The number of ether oxygens (including phenoxy) is 2. The largest absolute Gasteiger partial charge is 0.497 e. The number of methoxy groups -OCH3 is 1. The zero-order valence-electron chi connectivity index (χ0n) is 23.0. The molecule has 3 amide bonds. The topological polar surface area (TPSA) is 117 Å². The van der Waals surface area contributed by atoms with E-state index in [4.69, 9.17) is 9.47 Å². The predicted molar refractivity (Wildman–Crippen MR) is 145 cm³/mol. The average Bonchev–Trinajstić information content (AvgIpc) is 2.82. The van der Waals surface area contributed by atoms with Crippen LogP contribution in [0.5, 0.6) is 5.75 Å². The molecule has 3 N–H and O–H groups in total. The fraction of sp³-hybridized carbons (Fsp3) is 0.483. The number of alkyl carbamates (subject to hydrolysis) is 1. The highest BCUT2D eigenvalue weighted by atomic mass is 16.6. The first-order valence-corrected chi connectivity index (χ1v) is 12.9. The molecule has 0 saturated heterocycles. The Kier molecular flexibility index (Phi) is 9.38. The van der Waals surface area contributed by atoms with Crippen molar-refractivity contribution in [1.29, 1.82) is 0 Å². The first-order valence-electron chi connectivity index (χ1n) is 12.9. The van der Waals surface area contributed by atoms with Crippen LogP contribution in [0.4, 0.5) is 10.5 Å². The van der Waals surface area contributed by atoms with Crippen molar-refractivity contribution in [1.82, 2.24) is 10.2 Å². The minimum absolute atomic E-state index is 0.217. The molecule has 2 atom stereocenters. The second kappa shape index (κ2) is 12.3. The van der Waals surface area contributed by atoms with Gasteiger partial charge in [-0.2, -0.15) is 0 Å². The van der Waals surface area contributed by atoms with E-state index < -0.39 is 42.2 Å². The van der Waals surface area contributed by atoms with Crippen LogP contribution in [0.1, 0.15) is 62.8 Å². The molecule has 0 aliphatic heterocycles. The van der Waals surface area contributed by atoms with Gasteiger partial charge in [-0.1, -0.05) is 18.2 Å². The average molecular weight is 526 g/mol. The van der Waals surface area contributed by atoms with Gasteiger partial charge in [-0.15, -0.1) is 0 Å². The summed E-state index contributed by atoms with van der Waals surface area (Å²) < 4.78 is 10.5. The van der Waals surface area contributed by atoms with E-state index in [0.29, 0.717) is 29.8 Å². The third-order valence-corrected chi connectivity index (χ3v) is 6.62. The zero-order valence-corrected chi connectivity index (χ0v) is 23.0. The van der Waals surface area contributed by atoms with Crippen molar-refractivity contribution in [2.45, 2.75) is 77.6 Å². The summed E-state index contributed by atoms with van der Waals surface area (Å²) in [7, 11) is 1.56. The van der Waals surface area contributed by atoms with Crippen LogP contribution in [0.3, 0.4) is 0 Å². The quantitative estimate of drug-likeness (QED) is 0.450. The highest BCUT2D eigenvalue weighted by molar-refractivity contribution is 5.99. The number of benzene rings is 2. The van der Waals surface area contributed by atoms with Gasteiger partial charge < -0.3 is 30.1 Å². The molecular weight excluding hydrogens is 486 g/mol. The van der Waals surface area contributed by atoms with Crippen molar-refractivity contribution in [3.05, 3.63) is 59.2 Å². The number of hydrogen-bond acceptors (Lipinski definition) is 6. The number of nitrogens with one attached hydrogen (secondary N) is 2. The molecule has 2 unspecified atom stereocenters. The van der Waals surface area contributed by atoms with Crippen molar-refractivity contribution in [3.63, 3.8) is 0 Å². The number of aliphatic hydroxyl groups is 1. The Balaban J connectivity index is 1.99. The maximum Gasteiger partial charge on any atom is 0.408 e. The summed E-state index contributed by atoms with van der Waals surface area (Å²) in [5.74, 6) is -0.289. The lowest BCUT2D eigenvalue weighted by Crippen LogP contribution is -2.58. The van der Waals surface area contributed by atoms with E-state index in [9.17, 15) is 19.5 Å². The van der Waals surface area contributed by atoms with Gasteiger partial charge in [0.25, 0.3) is 5.91 Å². The molecule has 2 aromatic rings. The number of carbonyl (C=O) groups excluding carboxylic acids is 3. The van der Waals surface area contributed by atoms with Crippen molar-refractivity contribution in [2.75, 3.05) is 19.0 Å². The molecule has 206 valence electrons. The summed E-state index contributed by atoms with van der Waals surface area (Å²) in [5.41, 5.74) is 2.46. The van der Waals surface area contributed by atoms with Gasteiger partial charge in [0.05, 0.1) is 13.7 Å². The Morgan fingerprint density at radius 1 is 1.05 bits per heavy atom. The number of aliphatic hydroxyl groups excluding tert-OH is 1. The maximum atomic E-state index is 13.9. The number of rotatable bonds is 9. The normalized spacial score (nSPS) is 15.0. The highest BCUT2D eigenvalue weighted by Gasteiger charge is 2.42. The monoisotopic (exact) mass is 525 g/mol. The minimum atomic E-state index is -1.27. The summed E-state index contributed by atoms with van der Waals surface area (Å²) >= 11 is 0. The number of hydrogen-bond donors (Lipinski definition) is 3. The Morgan fingerprint density at radius 2 is 1.71 bits per heavy atom. The van der Waals surface area contributed by atoms with E-state index in [0.717, 1.165) is 17.5 Å². The lowest BCUT2D eigenvalue weighted by Gasteiger charge is -2.43. The third-order valence-electron chi connectivity index (χ3n) is 6.62. The van der Waals surface area contributed by atoms with Crippen LogP contribution in [0.15, 0.2) is 42.5 Å². The number of anilines is 1. The molecule has 0 aromatic heterocycles. The van der Waals surface area contributed by atoms with Crippen LogP contribution in [0.2, 0.25) is 0 Å². The molecule has 9 heteroatoms. The Labute approximate surface area is 224 Å². The highest BCUT2D eigenvalue weighted by Crippen LogP contribution is 2.35. The molecule has 0 spiro atoms. The Bertz CT molecular complexity index is 1140. The molecule has 38 heavy (non-hydrogen) atoms. The summed E-state index contributed by atoms with van der Waals surface area (Å²) in [5, 5.41) is 15.5. The van der Waals surface area contributed by atoms with E-state index >= 15 is 0 Å². The second-order valence-electron chi connectivity index (χ2n) is 10.7. The molecule has 1 aliphatic carbocycles. The van der Waals surface area contributed by atoms with Crippen molar-refractivity contribution < 1.29 is 29.0 Å². The molecule has 1 fully saturated rings. The lowest BCUT2D eigenvalue weighted by molar-refractivity contribution is -0.146. The van der Waals surface area contributed by atoms with Crippen LogP contribution in [0.25, 0.3) is 0 Å². The van der Waals surface area contributed by atoms with Gasteiger partial charge in [-0.3, -0.25) is 9.59 Å². The van der Waals surface area contributed by atoms with E-state index in [1.54, 1.807) is 52.1 Å². The molecule has 9 nitrogen and oxygen atoms in total. The molecule has 1 aliphatic rings. The predicted octanol–water partition coefficient (Wildman–Crippen LogP) is 4.26. The van der Waals surface area contributed by atoms with Gasteiger partial charge in [-0.25, -0.2) is 4.79 Å². The molecule has 2 aromatic carbocycles. The number of amides is 3. The van der Waals surface area contributed by atoms with Gasteiger partial charge in [0, 0.05) is 11.7 Å². The fourth-order valence-corrected chi connectivity index (χ4v) is 4.26. The van der Waals surface area contributed by atoms with E-state index in [-0.39, 0.29) is 6.04 Å². The van der Waals surface area contributed by atoms with Gasteiger partial charge >= 0.3 is 6.09 Å². The first-order chi connectivity index (χ1) is 17.9. The van der Waals surface area contributed by atoms with Gasteiger partial charge in [0.2, 0.25) is 5.91 Å². The molecule has 0 bridgehead atoms. The van der Waals surface area contributed by atoms with Crippen LogP contribution in [-0.2, 0) is 14.3 Å². The van der Waals surface area contributed by atoms with Gasteiger partial charge in [0.15, 0.2) is 0 Å². The summed E-state index contributed by atoms with van der Waals surface area (Å²) in [6.07, 6.45) is 1.53. The van der Waals surface area contributed by atoms with Crippen molar-refractivity contribution in [3.8, 4) is 5.75 Å². The maximum absolute atomic E-state index is 13.9. The van der Waals surface area contributed by atoms with Crippen LogP contribution in [-0.4, -0.2) is 59.3 Å². The van der Waals surface area contributed by atoms with Crippen LogP contribution < -0.4 is 15.4 Å². The summed E-state index contributed by atoms with van der Waals surface area (Å²) in [4.78, 5) is 41.8. The molecule has 3 rings (SSSR count). The summed E-state index contributed by atoms with van der Waals surface area (Å²) in [6, 6.07) is 10.1. The first kappa shape index (κ1) is 29.0. The fourth-order valence-electron chi connectivity index (χ4n) is 4.26. The standard InChI is InChI=1S/C29H39N3O6/c1-18-10-11-20(16-19(18)2)25(26(34)30-21-12-14-23(37-6)15-13-21)32(22-8-7-9-22)27(35)24(17-33)31-28(36)38-29(3,4)5/h10-16,22,24-25,33H,7-9,17H2,1-6H3,(H,30,34)(H,31,36). The third kappa shape index (κ3) is 7.25. The summed E-state index contributed by atoms with van der Waals surface area (Å²) in [6.45, 7) is 8.42. The van der Waals surface area contributed by atoms with Crippen LogP contribution >= 0.6 is 0 Å². The molecule has 0 heterocycles. The van der Waals surface area contributed by atoms with E-state index in [1.165, 1.54) is 4.90 Å². The zero-order chi connectivity index (χ0) is 28.0. The Hall–Kier alpha value is -3.59. The SMILES string of the molecule is COc1ccc(NC(=O)C(c2ccc(C)c(C)c2)N(C(=O)C(CO)NC(=O)OC(C)(C)C)C2CCC2)cc1. The van der Waals surface area contributed by atoms with Crippen molar-refractivity contribution in [2.24, 2.45) is 0 Å². The number of aryl methyl sites for hydroxylation is 2. The van der Waals surface area contributed by atoms with Gasteiger partial charge in [0.1, 0.15) is 23.4 Å². The van der Waals surface area contributed by atoms with Gasteiger partial charge in [-0.05, 0) is 94.8 Å². The van der Waals surface area contributed by atoms with E-state index in [2.05, 4.69) is 10.6 Å². The minimum Gasteiger partial charge on any atom is -0.497 e. The molecule has 0 radical (unpaired) electrons. The second-order valence-corrected chi connectivity index (χ2v) is 10.7. The van der Waals surface area contributed by atoms with Crippen LogP contribution in [0, 0.1) is 13.8 Å². The van der Waals surface area contributed by atoms with Crippen molar-refractivity contribution >= 4 is 23.6 Å². The molecular formula is C29H39N3O6. The Morgan fingerprint density at radius 3 is 2.21 bits per heavy atom. The lowest BCUT2D eigenvalue weighted by atomic mass is 9.87. The smallest absolute Gasteiger partial charge is 0.408 e. The number of carbonyl (C=O) groups is 3. The number of nitrogens with zero attached hydrogens (tertiary/aromatic N) is 1. The molecule has 1 saturated carbocycles.